The van der Waals surface area contributed by atoms with E-state index in [9.17, 15) is 4.39 Å². The summed E-state index contributed by atoms with van der Waals surface area (Å²) in [6, 6.07) is 8.83. The van der Waals surface area contributed by atoms with Crippen LogP contribution in [0.2, 0.25) is 0 Å². The number of rotatable bonds is 2. The monoisotopic (exact) mass is 440 g/mol. The van der Waals surface area contributed by atoms with Crippen molar-refractivity contribution < 1.29 is 4.39 Å². The number of hydrogen-bond acceptors (Lipinski definition) is 5. The van der Waals surface area contributed by atoms with Gasteiger partial charge in [-0.15, -0.1) is 0 Å². The molecule has 0 saturated carbocycles. The fourth-order valence-corrected chi connectivity index (χ4v) is 3.47. The number of aromatic nitrogens is 5. The van der Waals surface area contributed by atoms with Crippen LogP contribution in [0.4, 0.5) is 10.3 Å². The highest BCUT2D eigenvalue weighted by Gasteiger charge is 2.25. The van der Waals surface area contributed by atoms with Gasteiger partial charge < -0.3 is 10.3 Å². The molecule has 0 aliphatic heterocycles. The van der Waals surface area contributed by atoms with Gasteiger partial charge in [-0.05, 0) is 66.5 Å². The van der Waals surface area contributed by atoms with Gasteiger partial charge >= 0.3 is 0 Å². The number of imidazole rings is 1. The van der Waals surface area contributed by atoms with Crippen molar-refractivity contribution in [3.63, 3.8) is 0 Å². The molecule has 0 atom stereocenters. The Balaban J connectivity index is 1.97. The molecule has 0 bridgehead atoms. The average molecular weight is 441 g/mol. The van der Waals surface area contributed by atoms with E-state index in [1.165, 1.54) is 6.07 Å². The van der Waals surface area contributed by atoms with Crippen LogP contribution in [0, 0.1) is 5.82 Å². The van der Waals surface area contributed by atoms with Gasteiger partial charge in [-0.25, -0.2) is 24.3 Å². The summed E-state index contributed by atoms with van der Waals surface area (Å²) >= 11 is 3.32. The lowest BCUT2D eigenvalue weighted by atomic mass is 10.1. The van der Waals surface area contributed by atoms with Crippen molar-refractivity contribution in [2.75, 3.05) is 5.73 Å². The number of hydrogen-bond donors (Lipinski definition) is 1. The van der Waals surface area contributed by atoms with E-state index in [-0.39, 0.29) is 17.2 Å². The van der Waals surface area contributed by atoms with Crippen LogP contribution in [0.3, 0.4) is 0 Å². The van der Waals surface area contributed by atoms with E-state index < -0.39 is 5.82 Å². The van der Waals surface area contributed by atoms with Crippen molar-refractivity contribution in [3.05, 3.63) is 53.1 Å². The molecule has 3 heterocycles. The zero-order valence-corrected chi connectivity index (χ0v) is 17.2. The van der Waals surface area contributed by atoms with Gasteiger partial charge in [0.2, 0.25) is 5.95 Å². The minimum absolute atomic E-state index is 0.206. The Morgan fingerprint density at radius 1 is 1.00 bits per heavy atom. The van der Waals surface area contributed by atoms with Gasteiger partial charge in [0, 0.05) is 23.5 Å². The van der Waals surface area contributed by atoms with Crippen LogP contribution >= 0.6 is 15.9 Å². The predicted molar refractivity (Wildman–Crippen MR) is 111 cm³/mol. The Bertz CT molecular complexity index is 1180. The van der Waals surface area contributed by atoms with Crippen LogP contribution in [0.15, 0.2) is 47.3 Å². The zero-order chi connectivity index (χ0) is 20.1. The fraction of sp³-hybridized carbons (Fsp3) is 0.200. The number of nitrogens with two attached hydrogens (primary N) is 1. The van der Waals surface area contributed by atoms with E-state index in [1.54, 1.807) is 18.5 Å². The molecule has 0 unspecified atom stereocenters. The number of nitrogens with zero attached hydrogens (tertiary/aromatic N) is 5. The van der Waals surface area contributed by atoms with E-state index in [2.05, 4.69) is 51.7 Å². The number of anilines is 1. The van der Waals surface area contributed by atoms with Gasteiger partial charge in [0.05, 0.1) is 11.0 Å². The van der Waals surface area contributed by atoms with Crippen molar-refractivity contribution in [3.8, 4) is 22.6 Å². The molecule has 4 rings (SSSR count). The van der Waals surface area contributed by atoms with Crippen molar-refractivity contribution >= 4 is 32.9 Å². The summed E-state index contributed by atoms with van der Waals surface area (Å²) < 4.78 is 17.1. The summed E-state index contributed by atoms with van der Waals surface area (Å²) in [6.07, 6.45) is 3.33. The minimum atomic E-state index is -0.420. The van der Waals surface area contributed by atoms with Crippen molar-refractivity contribution in [1.29, 1.82) is 0 Å². The van der Waals surface area contributed by atoms with Crippen LogP contribution in [0.1, 0.15) is 20.8 Å². The molecule has 2 N–H and O–H groups in total. The molecule has 28 heavy (non-hydrogen) atoms. The van der Waals surface area contributed by atoms with E-state index >= 15 is 0 Å². The predicted octanol–water partition coefficient (Wildman–Crippen LogP) is 4.79. The molecule has 0 saturated heterocycles. The summed E-state index contributed by atoms with van der Waals surface area (Å²) in [6.45, 7) is 6.15. The van der Waals surface area contributed by atoms with Crippen LogP contribution in [0.5, 0.6) is 0 Å². The first kappa shape index (κ1) is 18.5. The molecule has 0 fully saturated rings. The lowest BCUT2D eigenvalue weighted by Gasteiger charge is -2.24. The van der Waals surface area contributed by atoms with Gasteiger partial charge in [0.25, 0.3) is 0 Å². The first-order chi connectivity index (χ1) is 13.2. The highest BCUT2D eigenvalue weighted by molar-refractivity contribution is 9.10. The van der Waals surface area contributed by atoms with Crippen LogP contribution in [-0.4, -0.2) is 24.5 Å². The lowest BCUT2D eigenvalue weighted by molar-refractivity contribution is 0.411. The second kappa shape index (κ2) is 6.63. The maximum atomic E-state index is 14.6. The van der Waals surface area contributed by atoms with Gasteiger partial charge in [0.1, 0.15) is 10.3 Å². The maximum Gasteiger partial charge on any atom is 0.219 e. The number of nitrogen functional groups attached to an aromatic ring is 1. The molecule has 3 aromatic heterocycles. The number of pyridine rings is 1. The second-order valence-electron chi connectivity index (χ2n) is 7.44. The molecule has 142 valence electrons. The third-order valence-electron chi connectivity index (χ3n) is 4.35. The van der Waals surface area contributed by atoms with Crippen LogP contribution < -0.4 is 5.73 Å². The molecule has 4 aromatic rings. The van der Waals surface area contributed by atoms with Crippen LogP contribution in [-0.2, 0) is 5.54 Å². The molecule has 0 amide bonds. The standard InChI is InChI=1S/C20H18BrFN6/c1-20(2,3)28-15-6-4-11(12-9-24-19(23)25-10-12)8-14(15)26-18(28)17-13(22)5-7-16(21)27-17/h4-10H,1-3H3,(H2,23,24,25). The molecule has 0 aliphatic rings. The molecular weight excluding hydrogens is 423 g/mol. The fourth-order valence-electron chi connectivity index (χ4n) is 3.16. The van der Waals surface area contributed by atoms with Gasteiger partial charge in [-0.2, -0.15) is 0 Å². The summed E-state index contributed by atoms with van der Waals surface area (Å²) in [5.41, 5.74) is 8.81. The molecule has 1 aromatic carbocycles. The lowest BCUT2D eigenvalue weighted by Crippen LogP contribution is -2.23. The van der Waals surface area contributed by atoms with Gasteiger partial charge in [-0.3, -0.25) is 0 Å². The third-order valence-corrected chi connectivity index (χ3v) is 4.80. The third kappa shape index (κ3) is 3.24. The highest BCUT2D eigenvalue weighted by atomic mass is 79.9. The van der Waals surface area contributed by atoms with Crippen molar-refractivity contribution in [2.45, 2.75) is 26.3 Å². The number of benzene rings is 1. The highest BCUT2D eigenvalue weighted by Crippen LogP contribution is 2.34. The molecule has 0 spiro atoms. The van der Waals surface area contributed by atoms with Gasteiger partial charge in [0.15, 0.2) is 11.6 Å². The Labute approximate surface area is 169 Å². The van der Waals surface area contributed by atoms with E-state index in [1.807, 2.05) is 22.8 Å². The van der Waals surface area contributed by atoms with Crippen molar-refractivity contribution in [2.24, 2.45) is 0 Å². The van der Waals surface area contributed by atoms with E-state index in [4.69, 9.17) is 10.7 Å². The summed E-state index contributed by atoms with van der Waals surface area (Å²) in [7, 11) is 0. The van der Waals surface area contributed by atoms with Gasteiger partial charge in [-0.1, -0.05) is 6.07 Å². The molecular formula is C20H18BrFN6. The Hall–Kier alpha value is -2.87. The molecule has 0 aliphatic carbocycles. The molecule has 8 heteroatoms. The first-order valence-corrected chi connectivity index (χ1v) is 9.46. The maximum absolute atomic E-state index is 14.6. The number of halogens is 2. The first-order valence-electron chi connectivity index (χ1n) is 8.67. The van der Waals surface area contributed by atoms with Crippen molar-refractivity contribution in [1.82, 2.24) is 24.5 Å². The van der Waals surface area contributed by atoms with E-state index in [0.29, 0.717) is 10.4 Å². The normalized spacial score (nSPS) is 11.9. The Morgan fingerprint density at radius 3 is 2.39 bits per heavy atom. The second-order valence-corrected chi connectivity index (χ2v) is 8.25. The largest absolute Gasteiger partial charge is 0.368 e. The Morgan fingerprint density at radius 2 is 1.71 bits per heavy atom. The number of fused-ring (bicyclic) bond motifs is 1. The zero-order valence-electron chi connectivity index (χ0n) is 15.6. The smallest absolute Gasteiger partial charge is 0.219 e. The topological polar surface area (TPSA) is 82.5 Å². The quantitative estimate of drug-likeness (QED) is 0.452. The van der Waals surface area contributed by atoms with Crippen LogP contribution in [0.25, 0.3) is 33.7 Å². The molecule has 0 radical (unpaired) electrons. The SMILES string of the molecule is CC(C)(C)n1c(-c2nc(Br)ccc2F)nc2cc(-c3cnc(N)nc3)ccc21. The average Bonchev–Trinajstić information content (AvgIpc) is 3.03. The Kier molecular flexibility index (Phi) is 4.38. The summed E-state index contributed by atoms with van der Waals surface area (Å²) in [5.74, 6) is 0.281. The summed E-state index contributed by atoms with van der Waals surface area (Å²) in [5, 5.41) is 0. The van der Waals surface area contributed by atoms with E-state index in [0.717, 1.165) is 22.2 Å². The summed E-state index contributed by atoms with van der Waals surface area (Å²) in [4.78, 5) is 17.1. The molecule has 6 nitrogen and oxygen atoms in total. The minimum Gasteiger partial charge on any atom is -0.368 e.